The Morgan fingerprint density at radius 1 is 1.19 bits per heavy atom. The molecule has 0 bridgehead atoms. The maximum Gasteiger partial charge on any atom is 0.261 e. The van der Waals surface area contributed by atoms with E-state index in [1.807, 2.05) is 26.2 Å². The zero-order chi connectivity index (χ0) is 23.3. The van der Waals surface area contributed by atoms with Gasteiger partial charge in [-0.3, -0.25) is 19.0 Å². The third kappa shape index (κ3) is 6.16. The van der Waals surface area contributed by atoms with Crippen molar-refractivity contribution in [2.24, 2.45) is 11.3 Å². The molecule has 8 heteroatoms. The minimum absolute atomic E-state index is 0.00549. The number of hydrogen-bond donors (Lipinski definition) is 1. The number of para-hydroxylation sites is 1. The molecular weight excluding hydrogens is 406 g/mol. The average Bonchev–Trinajstić information content (AvgIpc) is 2.76. The Kier molecular flexibility index (Phi) is 7.66. The Bertz CT molecular complexity index is 1010. The van der Waals surface area contributed by atoms with Crippen LogP contribution in [0.3, 0.4) is 0 Å². The molecule has 0 radical (unpaired) electrons. The van der Waals surface area contributed by atoms with Gasteiger partial charge in [-0.2, -0.15) is 0 Å². The van der Waals surface area contributed by atoms with Gasteiger partial charge in [0.2, 0.25) is 11.8 Å². The van der Waals surface area contributed by atoms with Gasteiger partial charge in [-0.25, -0.2) is 4.98 Å². The Morgan fingerprint density at radius 3 is 2.56 bits per heavy atom. The molecule has 2 amide bonds. The lowest BCUT2D eigenvalue weighted by atomic mass is 9.91. The van der Waals surface area contributed by atoms with E-state index in [1.54, 1.807) is 17.0 Å². The highest BCUT2D eigenvalue weighted by Gasteiger charge is 2.28. The van der Waals surface area contributed by atoms with Crippen molar-refractivity contribution in [3.8, 4) is 0 Å². The van der Waals surface area contributed by atoms with Crippen molar-refractivity contribution in [1.82, 2.24) is 24.7 Å². The largest absolute Gasteiger partial charge is 0.355 e. The summed E-state index contributed by atoms with van der Waals surface area (Å²) in [5, 5.41) is 3.65. The van der Waals surface area contributed by atoms with Crippen molar-refractivity contribution in [1.29, 1.82) is 0 Å². The van der Waals surface area contributed by atoms with E-state index in [1.165, 1.54) is 10.9 Å². The maximum atomic E-state index is 12.7. The lowest BCUT2D eigenvalue weighted by molar-refractivity contribution is -0.135. The van der Waals surface area contributed by atoms with Gasteiger partial charge >= 0.3 is 0 Å². The summed E-state index contributed by atoms with van der Waals surface area (Å²) in [5.41, 5.74) is 0.535. The van der Waals surface area contributed by atoms with E-state index in [9.17, 15) is 14.4 Å². The number of piperidine rings is 1. The fourth-order valence-electron chi connectivity index (χ4n) is 4.41. The normalized spacial score (nSPS) is 15.3. The molecule has 2 heterocycles. The number of rotatable bonds is 8. The van der Waals surface area contributed by atoms with Gasteiger partial charge in [0.25, 0.3) is 5.56 Å². The number of amides is 2. The zero-order valence-corrected chi connectivity index (χ0v) is 19.6. The number of aryl methyl sites for hydroxylation is 1. The molecule has 0 aliphatic carbocycles. The van der Waals surface area contributed by atoms with Gasteiger partial charge in [0.05, 0.1) is 17.2 Å². The maximum absolute atomic E-state index is 12.7. The molecule has 0 spiro atoms. The molecule has 0 unspecified atom stereocenters. The lowest BCUT2D eigenvalue weighted by Crippen LogP contribution is -2.46. The molecule has 1 aliphatic rings. The van der Waals surface area contributed by atoms with E-state index in [2.05, 4.69) is 29.0 Å². The Labute approximate surface area is 189 Å². The molecule has 3 rings (SSSR count). The summed E-state index contributed by atoms with van der Waals surface area (Å²) in [6, 6.07) is 7.21. The molecule has 174 valence electrons. The monoisotopic (exact) mass is 441 g/mol. The molecule has 1 saturated heterocycles. The summed E-state index contributed by atoms with van der Waals surface area (Å²) in [4.78, 5) is 46.1. The summed E-state index contributed by atoms with van der Waals surface area (Å²) in [7, 11) is 4.06. The first-order valence-electron chi connectivity index (χ1n) is 11.3. The van der Waals surface area contributed by atoms with Crippen LogP contribution in [-0.2, 0) is 16.1 Å². The fourth-order valence-corrected chi connectivity index (χ4v) is 4.41. The fraction of sp³-hybridized carbons (Fsp3) is 0.583. The summed E-state index contributed by atoms with van der Waals surface area (Å²) in [6.45, 7) is 7.27. The number of hydrogen-bond acceptors (Lipinski definition) is 5. The number of carbonyl (C=O) groups is 2. The lowest BCUT2D eigenvalue weighted by Gasteiger charge is -2.33. The van der Waals surface area contributed by atoms with Crippen LogP contribution in [0.25, 0.3) is 10.9 Å². The number of likely N-dealkylation sites (tertiary alicyclic amines) is 1. The van der Waals surface area contributed by atoms with Crippen LogP contribution >= 0.6 is 0 Å². The van der Waals surface area contributed by atoms with Crippen molar-refractivity contribution < 1.29 is 9.59 Å². The SMILES string of the molecule is CN(C)CC(C)(C)CNC(=O)C1CCN(C(=O)CCn2cnc3ccccc3c2=O)CC1. The van der Waals surface area contributed by atoms with E-state index in [-0.39, 0.29) is 35.1 Å². The highest BCUT2D eigenvalue weighted by atomic mass is 16.2. The summed E-state index contributed by atoms with van der Waals surface area (Å²) < 4.78 is 1.50. The van der Waals surface area contributed by atoms with Crippen molar-refractivity contribution in [3.63, 3.8) is 0 Å². The molecule has 1 fully saturated rings. The van der Waals surface area contributed by atoms with Crippen LogP contribution in [0.15, 0.2) is 35.4 Å². The first-order chi connectivity index (χ1) is 15.2. The molecule has 2 aromatic rings. The molecule has 1 aromatic heterocycles. The highest BCUT2D eigenvalue weighted by Crippen LogP contribution is 2.20. The van der Waals surface area contributed by atoms with Crippen molar-refractivity contribution in [3.05, 3.63) is 40.9 Å². The highest BCUT2D eigenvalue weighted by molar-refractivity contribution is 5.80. The first-order valence-corrected chi connectivity index (χ1v) is 11.3. The number of aromatic nitrogens is 2. The second-order valence-electron chi connectivity index (χ2n) is 9.79. The Morgan fingerprint density at radius 2 is 1.88 bits per heavy atom. The molecule has 1 aromatic carbocycles. The van der Waals surface area contributed by atoms with Gasteiger partial charge in [0, 0.05) is 45.1 Å². The minimum atomic E-state index is -0.129. The summed E-state index contributed by atoms with van der Waals surface area (Å²) in [6.07, 6.45) is 3.09. The van der Waals surface area contributed by atoms with Crippen LogP contribution in [0, 0.1) is 11.3 Å². The van der Waals surface area contributed by atoms with E-state index in [0.29, 0.717) is 49.9 Å². The Hall–Kier alpha value is -2.74. The molecule has 8 nitrogen and oxygen atoms in total. The molecule has 0 saturated carbocycles. The van der Waals surface area contributed by atoms with Gasteiger partial charge < -0.3 is 15.1 Å². The van der Waals surface area contributed by atoms with E-state index >= 15 is 0 Å². The van der Waals surface area contributed by atoms with Crippen molar-refractivity contribution in [2.45, 2.75) is 39.7 Å². The van der Waals surface area contributed by atoms with Gasteiger partial charge in [-0.1, -0.05) is 26.0 Å². The standard InChI is InChI=1S/C24H35N5O3/c1-24(2,16-27(3)4)15-25-22(31)18-9-12-28(13-10-18)21(30)11-14-29-17-26-20-8-6-5-7-19(20)23(29)32/h5-8,17-18H,9-16H2,1-4H3,(H,25,31). The number of nitrogens with zero attached hydrogens (tertiary/aromatic N) is 4. The van der Waals surface area contributed by atoms with E-state index in [4.69, 9.17) is 0 Å². The van der Waals surface area contributed by atoms with Crippen LogP contribution in [0.1, 0.15) is 33.1 Å². The molecule has 1 aliphatic heterocycles. The van der Waals surface area contributed by atoms with Crippen molar-refractivity contribution >= 4 is 22.7 Å². The molecule has 1 N–H and O–H groups in total. The second-order valence-corrected chi connectivity index (χ2v) is 9.79. The first kappa shape index (κ1) is 23.9. The summed E-state index contributed by atoms with van der Waals surface area (Å²) >= 11 is 0. The quantitative estimate of drug-likeness (QED) is 0.674. The molecule has 0 atom stereocenters. The van der Waals surface area contributed by atoms with E-state index < -0.39 is 0 Å². The Balaban J connectivity index is 1.46. The van der Waals surface area contributed by atoms with Gasteiger partial charge in [0.1, 0.15) is 0 Å². The number of carbonyl (C=O) groups excluding carboxylic acids is 2. The minimum Gasteiger partial charge on any atom is -0.355 e. The van der Waals surface area contributed by atoms with Crippen LogP contribution < -0.4 is 10.9 Å². The van der Waals surface area contributed by atoms with Gasteiger partial charge in [-0.05, 0) is 44.5 Å². The van der Waals surface area contributed by atoms with Crippen LogP contribution in [-0.4, -0.2) is 71.4 Å². The number of fused-ring (bicyclic) bond motifs is 1. The topological polar surface area (TPSA) is 87.5 Å². The third-order valence-electron chi connectivity index (χ3n) is 6.00. The third-order valence-corrected chi connectivity index (χ3v) is 6.00. The van der Waals surface area contributed by atoms with Crippen LogP contribution in [0.2, 0.25) is 0 Å². The van der Waals surface area contributed by atoms with Gasteiger partial charge in [0.15, 0.2) is 0 Å². The van der Waals surface area contributed by atoms with Crippen LogP contribution in [0.4, 0.5) is 0 Å². The van der Waals surface area contributed by atoms with Crippen molar-refractivity contribution in [2.75, 3.05) is 40.3 Å². The van der Waals surface area contributed by atoms with Crippen LogP contribution in [0.5, 0.6) is 0 Å². The second kappa shape index (κ2) is 10.3. The predicted octanol–water partition coefficient (Wildman–Crippen LogP) is 1.73. The van der Waals surface area contributed by atoms with E-state index in [0.717, 1.165) is 6.54 Å². The average molecular weight is 442 g/mol. The molecule has 32 heavy (non-hydrogen) atoms. The number of nitrogens with one attached hydrogen (secondary N) is 1. The predicted molar refractivity (Wildman–Crippen MR) is 125 cm³/mol. The van der Waals surface area contributed by atoms with Gasteiger partial charge in [-0.15, -0.1) is 0 Å². The smallest absolute Gasteiger partial charge is 0.261 e. The molecular formula is C24H35N5O3. The zero-order valence-electron chi connectivity index (χ0n) is 19.6. The number of benzene rings is 1. The summed E-state index contributed by atoms with van der Waals surface area (Å²) in [5.74, 6) is 0.0373.